The summed E-state index contributed by atoms with van der Waals surface area (Å²) in [6.07, 6.45) is 0. The molecule has 0 amide bonds. The van der Waals surface area contributed by atoms with E-state index in [9.17, 15) is 0 Å². The molecule has 0 nitrogen and oxygen atoms in total. The van der Waals surface area contributed by atoms with Gasteiger partial charge in [0.1, 0.15) is 0 Å². The molecular formula is C10H12Br2SiZr-2. The van der Waals surface area contributed by atoms with Crippen LogP contribution in [0, 0.1) is 0 Å². The number of hydrogen-bond acceptors (Lipinski definition) is 0. The second-order valence-corrected chi connectivity index (χ2v) is 1.92. The normalized spacial score (nSPS) is 6.14. The molecule has 0 unspecified atom stereocenters. The molecule has 2 aromatic carbocycles. The Bertz CT molecular complexity index is 170. The Morgan fingerprint density at radius 2 is 0.857 bits per heavy atom. The van der Waals surface area contributed by atoms with Crippen molar-refractivity contribution in [2.45, 2.75) is 0 Å². The van der Waals surface area contributed by atoms with Gasteiger partial charge in [-0.25, -0.2) is 24.3 Å². The summed E-state index contributed by atoms with van der Waals surface area (Å²) in [5.74, 6) is 0. The molecule has 0 saturated carbocycles. The zero-order chi connectivity index (χ0) is 9.07. The van der Waals surface area contributed by atoms with E-state index in [4.69, 9.17) is 0 Å². The summed E-state index contributed by atoms with van der Waals surface area (Å²) in [6.45, 7) is 1.95. The fraction of sp³-hybridized carbons (Fsp3) is 0. The Balaban J connectivity index is -0.000000131. The smallest absolute Gasteiger partial charge is 0.172 e. The summed E-state index contributed by atoms with van der Waals surface area (Å²) in [5.41, 5.74) is 0. The Kier molecular flexibility index (Phi) is 27.9. The van der Waals surface area contributed by atoms with E-state index in [0.29, 0.717) is 0 Å². The van der Waals surface area contributed by atoms with E-state index in [2.05, 4.69) is 0 Å². The van der Waals surface area contributed by atoms with Gasteiger partial charge in [-0.15, -0.1) is 0 Å². The Labute approximate surface area is 124 Å². The van der Waals surface area contributed by atoms with Gasteiger partial charge in [0.05, 0.1) is 0 Å². The first kappa shape index (κ1) is 20.2. The molecule has 0 aromatic heterocycles. The Hall–Kier alpha value is 0.760. The second-order valence-electron chi connectivity index (χ2n) is 1.92. The molecule has 76 valence electrons. The molecule has 14 heavy (non-hydrogen) atoms. The van der Waals surface area contributed by atoms with Crippen molar-refractivity contribution in [3.63, 3.8) is 0 Å². The molecule has 0 fully saturated rings. The van der Waals surface area contributed by atoms with E-state index in [1.807, 2.05) is 67.5 Å². The molecule has 2 aromatic rings. The van der Waals surface area contributed by atoms with Crippen molar-refractivity contribution in [2.75, 3.05) is 0 Å². The Morgan fingerprint density at radius 1 is 0.643 bits per heavy atom. The third kappa shape index (κ3) is 15.2. The standard InChI is InChI=1S/2C5H5.2BrH.H2Si.Zr/c2*1-2-4-5-3-1;;;;/h2*1-5H;2*1H;1H2;/q2*-1;;;;+2/p-2. The van der Waals surface area contributed by atoms with Crippen molar-refractivity contribution in [3.05, 3.63) is 60.7 Å². The SMILES string of the molecule is [Br-].[Br-].[SiH2]=[Zr+2].c1cc[cH-]c1.c1cc[cH-]c1. The molecular weight excluding hydrogens is 399 g/mol. The average Bonchev–Trinajstić information content (AvgIpc) is 2.87. The third-order valence-corrected chi connectivity index (χ3v) is 1.11. The van der Waals surface area contributed by atoms with Crippen LogP contribution in [0.4, 0.5) is 0 Å². The van der Waals surface area contributed by atoms with Gasteiger partial charge in [0.2, 0.25) is 0 Å². The third-order valence-electron chi connectivity index (χ3n) is 1.11. The van der Waals surface area contributed by atoms with Crippen molar-refractivity contribution < 1.29 is 57.3 Å². The maximum Gasteiger partial charge on any atom is -0.172 e. The summed E-state index contributed by atoms with van der Waals surface area (Å²) in [6, 6.07) is 20.0. The fourth-order valence-corrected chi connectivity index (χ4v) is 0.642. The van der Waals surface area contributed by atoms with E-state index in [1.54, 1.807) is 23.3 Å². The molecule has 0 atom stereocenters. The van der Waals surface area contributed by atoms with Crippen LogP contribution in [0.3, 0.4) is 0 Å². The number of halogens is 2. The summed E-state index contributed by atoms with van der Waals surface area (Å²) >= 11 is 1.58. The van der Waals surface area contributed by atoms with E-state index >= 15 is 0 Å². The van der Waals surface area contributed by atoms with E-state index in [1.165, 1.54) is 0 Å². The van der Waals surface area contributed by atoms with Crippen LogP contribution in [0.1, 0.15) is 0 Å². The first-order valence-corrected chi connectivity index (χ1v) is 9.61. The second kappa shape index (κ2) is 19.4. The van der Waals surface area contributed by atoms with Gasteiger partial charge in [0, 0.05) is 0 Å². The zero-order valence-corrected chi connectivity index (χ0v) is 14.8. The first-order chi connectivity index (χ1) is 6.00. The van der Waals surface area contributed by atoms with E-state index in [0.717, 1.165) is 0 Å². The predicted octanol–water partition coefficient (Wildman–Crippen LogP) is -4.10. The van der Waals surface area contributed by atoms with Crippen LogP contribution in [0.15, 0.2) is 60.7 Å². The molecule has 4 heteroatoms. The summed E-state index contributed by atoms with van der Waals surface area (Å²) in [7, 11) is 0. The van der Waals surface area contributed by atoms with Gasteiger partial charge in [-0.1, -0.05) is 0 Å². The van der Waals surface area contributed by atoms with Crippen molar-refractivity contribution in [3.8, 4) is 0 Å². The number of rotatable bonds is 0. The van der Waals surface area contributed by atoms with E-state index in [-0.39, 0.29) is 34.0 Å². The summed E-state index contributed by atoms with van der Waals surface area (Å²) < 4.78 is 0. The molecule has 0 bridgehead atoms. The minimum atomic E-state index is 0. The van der Waals surface area contributed by atoms with Gasteiger partial charge in [-0.05, 0) is 0 Å². The van der Waals surface area contributed by atoms with Crippen LogP contribution >= 0.6 is 0 Å². The van der Waals surface area contributed by atoms with Gasteiger partial charge in [0.15, 0.2) is 0 Å². The largest absolute Gasteiger partial charge is 0.214 e. The molecule has 0 spiro atoms. The maximum absolute atomic E-state index is 2.00. The molecule has 2 rings (SSSR count). The molecule has 0 N–H and O–H groups in total. The molecule has 0 aliphatic rings. The van der Waals surface area contributed by atoms with Crippen LogP contribution < -0.4 is 34.0 Å². The van der Waals surface area contributed by atoms with Gasteiger partial charge in [-0.2, -0.15) is 36.4 Å². The average molecular weight is 411 g/mol. The fourth-order valence-electron chi connectivity index (χ4n) is 0.642. The first-order valence-electron chi connectivity index (χ1n) is 3.69. The van der Waals surface area contributed by atoms with Gasteiger partial charge >= 0.3 is 30.2 Å². The van der Waals surface area contributed by atoms with Gasteiger partial charge in [-0.3, -0.25) is 0 Å². The Morgan fingerprint density at radius 3 is 0.929 bits per heavy atom. The molecule has 0 heterocycles. The van der Waals surface area contributed by atoms with Crippen molar-refractivity contribution in [2.24, 2.45) is 0 Å². The van der Waals surface area contributed by atoms with Crippen LogP contribution in [-0.4, -0.2) is 6.88 Å². The topological polar surface area (TPSA) is 0 Å². The maximum atomic E-state index is 2.00. The van der Waals surface area contributed by atoms with Crippen LogP contribution in [0.25, 0.3) is 0 Å². The molecule has 0 aliphatic heterocycles. The van der Waals surface area contributed by atoms with Gasteiger partial charge < -0.3 is 34.0 Å². The minimum Gasteiger partial charge on any atom is -0.214 e. The number of hydrogen-bond donors (Lipinski definition) is 0. The van der Waals surface area contributed by atoms with E-state index < -0.39 is 0 Å². The monoisotopic (exact) mass is 408 g/mol. The quantitative estimate of drug-likeness (QED) is 0.306. The van der Waals surface area contributed by atoms with Crippen LogP contribution in [0.2, 0.25) is 0 Å². The van der Waals surface area contributed by atoms with Crippen molar-refractivity contribution >= 4 is 6.88 Å². The van der Waals surface area contributed by atoms with Crippen molar-refractivity contribution in [1.29, 1.82) is 0 Å². The molecule has 0 radical (unpaired) electrons. The van der Waals surface area contributed by atoms with Crippen LogP contribution in [0.5, 0.6) is 0 Å². The molecule has 0 saturated heterocycles. The van der Waals surface area contributed by atoms with Crippen molar-refractivity contribution in [1.82, 2.24) is 0 Å². The summed E-state index contributed by atoms with van der Waals surface area (Å²) in [5, 5.41) is 0. The predicted molar refractivity (Wildman–Crippen MR) is 52.6 cm³/mol. The van der Waals surface area contributed by atoms with Crippen LogP contribution in [-0.2, 0) is 23.3 Å². The summed E-state index contributed by atoms with van der Waals surface area (Å²) in [4.78, 5) is 0. The minimum absolute atomic E-state index is 0. The zero-order valence-electron chi connectivity index (χ0n) is 7.74. The van der Waals surface area contributed by atoms with Gasteiger partial charge in [0.25, 0.3) is 0 Å². The molecule has 0 aliphatic carbocycles.